The number of fused-ring (bicyclic) bond motifs is 1. The minimum absolute atomic E-state index is 0.0488. The van der Waals surface area contributed by atoms with Crippen LogP contribution in [0.15, 0.2) is 0 Å². The molecule has 0 bridgehead atoms. The summed E-state index contributed by atoms with van der Waals surface area (Å²) in [5, 5.41) is 9.35. The Morgan fingerprint density at radius 2 is 1.77 bits per heavy atom. The highest BCUT2D eigenvalue weighted by Gasteiger charge is 2.42. The summed E-state index contributed by atoms with van der Waals surface area (Å²) in [6.45, 7) is 4.99. The van der Waals surface area contributed by atoms with Gasteiger partial charge in [0.05, 0.1) is 51.7 Å². The summed E-state index contributed by atoms with van der Waals surface area (Å²) in [7, 11) is 0. The quantitative estimate of drug-likeness (QED) is 0.211. The number of rotatable bonds is 17. The van der Waals surface area contributed by atoms with Crippen LogP contribution in [-0.4, -0.2) is 92.1 Å². The minimum atomic E-state index is -0.0563. The number of hydrogen-bond donors (Lipinski definition) is 3. The van der Waals surface area contributed by atoms with Crippen molar-refractivity contribution in [2.24, 2.45) is 0 Å². The third-order valence-electron chi connectivity index (χ3n) is 4.93. The summed E-state index contributed by atoms with van der Waals surface area (Å²) in [6, 6.07) is 0.434. The molecule has 2 saturated heterocycles. The van der Waals surface area contributed by atoms with Crippen LogP contribution >= 0.6 is 23.5 Å². The molecule has 0 spiro atoms. The first-order chi connectivity index (χ1) is 15.1. The third-order valence-corrected chi connectivity index (χ3v) is 7.21. The normalized spacial score (nSPS) is 22.1. The van der Waals surface area contributed by atoms with Gasteiger partial charge < -0.3 is 30.2 Å². The van der Waals surface area contributed by atoms with Crippen molar-refractivity contribution in [1.82, 2.24) is 16.0 Å². The smallest absolute Gasteiger partial charge is 0.315 e. The molecule has 9 nitrogen and oxygen atoms in total. The van der Waals surface area contributed by atoms with Gasteiger partial charge in [0.1, 0.15) is 0 Å². The molecule has 0 aromatic heterocycles. The Labute approximate surface area is 192 Å². The van der Waals surface area contributed by atoms with Gasteiger partial charge in [-0.1, -0.05) is 18.2 Å². The molecule has 0 aromatic carbocycles. The maximum Gasteiger partial charge on any atom is 0.315 e. The van der Waals surface area contributed by atoms with Gasteiger partial charge in [0.25, 0.3) is 0 Å². The molecule has 0 saturated carbocycles. The second-order valence-corrected chi connectivity index (χ2v) is 9.94. The lowest BCUT2D eigenvalue weighted by molar-refractivity contribution is -0.121. The zero-order valence-electron chi connectivity index (χ0n) is 18.2. The number of ether oxygens (including phenoxy) is 3. The molecule has 11 heteroatoms. The fourth-order valence-corrected chi connectivity index (χ4v) is 5.44. The fraction of sp³-hybridized carbons (Fsp3) is 0.850. The van der Waals surface area contributed by atoms with Crippen molar-refractivity contribution in [3.05, 3.63) is 0 Å². The van der Waals surface area contributed by atoms with E-state index in [-0.39, 0.29) is 29.1 Å². The van der Waals surface area contributed by atoms with Gasteiger partial charge in [0.15, 0.2) is 5.12 Å². The lowest BCUT2D eigenvalue weighted by atomic mass is 10.0. The highest BCUT2D eigenvalue weighted by molar-refractivity contribution is 8.13. The first kappa shape index (κ1) is 26.2. The summed E-state index contributed by atoms with van der Waals surface area (Å²) in [4.78, 5) is 34.0. The standard InChI is InChI=1S/C20H35N3O6S2/c1-15(24)30-13-12-29-11-10-28-9-8-27-7-6-21-18(25)5-3-2-4-17-19-16(14-31-17)22-20(26)23-19/h16-17,19H,2-14H2,1H3,(H,21,25)(H2,22,23,26)/t16-,17-,19-/m0/s1. The van der Waals surface area contributed by atoms with E-state index in [4.69, 9.17) is 14.2 Å². The molecule has 0 radical (unpaired) electrons. The van der Waals surface area contributed by atoms with Gasteiger partial charge in [-0.05, 0) is 12.8 Å². The topological polar surface area (TPSA) is 115 Å². The Bertz CT molecular complexity index is 569. The lowest BCUT2D eigenvalue weighted by Gasteiger charge is -2.16. The second kappa shape index (κ2) is 15.7. The molecule has 3 N–H and O–H groups in total. The summed E-state index contributed by atoms with van der Waals surface area (Å²) in [5.41, 5.74) is 0. The van der Waals surface area contributed by atoms with E-state index in [9.17, 15) is 14.4 Å². The average Bonchev–Trinajstić information content (AvgIpc) is 3.28. The van der Waals surface area contributed by atoms with Gasteiger partial charge in [-0.15, -0.1) is 0 Å². The first-order valence-corrected chi connectivity index (χ1v) is 12.9. The number of carbonyl (C=O) groups excluding carboxylic acids is 3. The van der Waals surface area contributed by atoms with Crippen LogP contribution in [0, 0.1) is 0 Å². The summed E-state index contributed by atoms with van der Waals surface area (Å²) < 4.78 is 16.2. The van der Waals surface area contributed by atoms with Gasteiger partial charge in [-0.2, -0.15) is 11.8 Å². The SMILES string of the molecule is CC(=O)SCCOCCOCCOCCNC(=O)CCCC[C@@H]1SC[C@@H]2NC(=O)N[C@@H]21. The Morgan fingerprint density at radius 1 is 1.06 bits per heavy atom. The van der Waals surface area contributed by atoms with Crippen LogP contribution in [-0.2, 0) is 23.8 Å². The van der Waals surface area contributed by atoms with Crippen LogP contribution in [0.3, 0.4) is 0 Å². The molecule has 0 aliphatic carbocycles. The van der Waals surface area contributed by atoms with Crippen molar-refractivity contribution in [3.8, 4) is 0 Å². The Balaban J connectivity index is 1.31. The van der Waals surface area contributed by atoms with E-state index >= 15 is 0 Å². The van der Waals surface area contributed by atoms with Crippen LogP contribution in [0.1, 0.15) is 32.6 Å². The van der Waals surface area contributed by atoms with E-state index in [2.05, 4.69) is 16.0 Å². The van der Waals surface area contributed by atoms with Crippen molar-refractivity contribution in [2.75, 3.05) is 57.7 Å². The Morgan fingerprint density at radius 3 is 2.52 bits per heavy atom. The van der Waals surface area contributed by atoms with Crippen LogP contribution in [0.5, 0.6) is 0 Å². The fourth-order valence-electron chi connectivity index (χ4n) is 3.41. The zero-order valence-corrected chi connectivity index (χ0v) is 19.8. The lowest BCUT2D eigenvalue weighted by Crippen LogP contribution is -2.36. The monoisotopic (exact) mass is 477 g/mol. The number of amides is 3. The molecule has 2 rings (SSSR count). The largest absolute Gasteiger partial charge is 0.378 e. The molecule has 2 heterocycles. The number of carbonyl (C=O) groups is 3. The van der Waals surface area contributed by atoms with Gasteiger partial charge in [0, 0.05) is 36.6 Å². The van der Waals surface area contributed by atoms with E-state index in [0.717, 1.165) is 25.0 Å². The molecule has 3 atom stereocenters. The second-order valence-electron chi connectivity index (χ2n) is 7.39. The first-order valence-electron chi connectivity index (χ1n) is 10.9. The molecule has 31 heavy (non-hydrogen) atoms. The third kappa shape index (κ3) is 11.4. The molecule has 178 valence electrons. The van der Waals surface area contributed by atoms with E-state index in [1.54, 1.807) is 6.92 Å². The number of hydrogen-bond acceptors (Lipinski definition) is 8. The molecule has 0 aromatic rings. The number of thioether (sulfide) groups is 2. The zero-order chi connectivity index (χ0) is 22.3. The summed E-state index contributed by atoms with van der Waals surface area (Å²) >= 11 is 3.16. The van der Waals surface area contributed by atoms with Crippen LogP contribution in [0.2, 0.25) is 0 Å². The van der Waals surface area contributed by atoms with Crippen molar-refractivity contribution in [1.29, 1.82) is 0 Å². The molecule has 3 amide bonds. The van der Waals surface area contributed by atoms with Crippen molar-refractivity contribution < 1.29 is 28.6 Å². The predicted octanol–water partition coefficient (Wildman–Crippen LogP) is 1.16. The molecule has 2 fully saturated rings. The summed E-state index contributed by atoms with van der Waals surface area (Å²) in [6.07, 6.45) is 3.37. The van der Waals surface area contributed by atoms with Crippen LogP contribution < -0.4 is 16.0 Å². The maximum absolute atomic E-state index is 11.9. The maximum atomic E-state index is 11.9. The van der Waals surface area contributed by atoms with E-state index in [0.29, 0.717) is 63.6 Å². The van der Waals surface area contributed by atoms with Crippen molar-refractivity contribution >= 4 is 40.6 Å². The predicted molar refractivity (Wildman–Crippen MR) is 123 cm³/mol. The Kier molecular flexibility index (Phi) is 13.3. The molecular formula is C20H35N3O6S2. The minimum Gasteiger partial charge on any atom is -0.378 e. The summed E-state index contributed by atoms with van der Waals surface area (Å²) in [5.74, 6) is 1.68. The number of nitrogens with one attached hydrogen (secondary N) is 3. The van der Waals surface area contributed by atoms with E-state index < -0.39 is 0 Å². The highest BCUT2D eigenvalue weighted by atomic mass is 32.2. The van der Waals surface area contributed by atoms with E-state index in [1.165, 1.54) is 11.8 Å². The Hall–Kier alpha value is -1.01. The molecular weight excluding hydrogens is 442 g/mol. The van der Waals surface area contributed by atoms with Crippen molar-refractivity contribution in [3.63, 3.8) is 0 Å². The van der Waals surface area contributed by atoms with E-state index in [1.807, 2.05) is 11.8 Å². The highest BCUT2D eigenvalue weighted by Crippen LogP contribution is 2.33. The van der Waals surface area contributed by atoms with Crippen LogP contribution in [0.4, 0.5) is 4.79 Å². The molecule has 2 aliphatic heterocycles. The van der Waals surface area contributed by atoms with Gasteiger partial charge in [-0.3, -0.25) is 9.59 Å². The van der Waals surface area contributed by atoms with Gasteiger partial charge in [0.2, 0.25) is 5.91 Å². The number of urea groups is 1. The van der Waals surface area contributed by atoms with Gasteiger partial charge in [-0.25, -0.2) is 4.79 Å². The number of unbranched alkanes of at least 4 members (excludes halogenated alkanes) is 1. The van der Waals surface area contributed by atoms with Gasteiger partial charge >= 0.3 is 6.03 Å². The van der Waals surface area contributed by atoms with Crippen molar-refractivity contribution in [2.45, 2.75) is 49.9 Å². The average molecular weight is 478 g/mol. The molecule has 2 aliphatic rings. The molecule has 0 unspecified atom stereocenters. The van der Waals surface area contributed by atoms with Crippen LogP contribution in [0.25, 0.3) is 0 Å².